The maximum Gasteiger partial charge on any atom is 0.243 e. The number of nitrogens with zero attached hydrogens (tertiary/aromatic N) is 5. The topological polar surface area (TPSA) is 68.5 Å². The zero-order chi connectivity index (χ0) is 14.9. The highest BCUT2D eigenvalue weighted by Gasteiger charge is 2.30. The van der Waals surface area contributed by atoms with Crippen molar-refractivity contribution in [2.45, 2.75) is 18.5 Å². The molecular weight excluding hydrogens is 344 g/mol. The molecule has 0 radical (unpaired) electrons. The molecule has 4 rings (SSSR count). The van der Waals surface area contributed by atoms with Gasteiger partial charge in [-0.1, -0.05) is 39.2 Å². The number of hydrogen-bond donors (Lipinski definition) is 1. The van der Waals surface area contributed by atoms with Crippen LogP contribution in [0.3, 0.4) is 0 Å². The first kappa shape index (κ1) is 13.4. The van der Waals surface area contributed by atoms with E-state index in [1.807, 2.05) is 29.1 Å². The number of halogens is 1. The molecule has 1 aliphatic heterocycles. The third-order valence-electron chi connectivity index (χ3n) is 3.87. The summed E-state index contributed by atoms with van der Waals surface area (Å²) in [5, 5.41) is 15.4. The SMILES string of the molecule is Brc1cccc(C2CC(c3cccnc3)Nc3nnnn32)c1. The molecule has 1 aliphatic rings. The molecule has 0 spiro atoms. The van der Waals surface area contributed by atoms with Crippen LogP contribution >= 0.6 is 15.9 Å². The maximum atomic E-state index is 4.21. The van der Waals surface area contributed by atoms with E-state index in [1.54, 1.807) is 6.20 Å². The van der Waals surface area contributed by atoms with Gasteiger partial charge in [-0.05, 0) is 46.2 Å². The van der Waals surface area contributed by atoms with E-state index < -0.39 is 0 Å². The number of benzene rings is 1. The van der Waals surface area contributed by atoms with E-state index in [0.29, 0.717) is 5.95 Å². The first-order valence-electron chi connectivity index (χ1n) is 7.01. The van der Waals surface area contributed by atoms with E-state index in [-0.39, 0.29) is 12.1 Å². The molecule has 3 aromatic rings. The minimum Gasteiger partial charge on any atom is -0.346 e. The first-order chi connectivity index (χ1) is 10.8. The molecule has 2 unspecified atom stereocenters. The zero-order valence-corrected chi connectivity index (χ0v) is 13.2. The predicted octanol–water partition coefficient (Wildman–Crippen LogP) is 2.98. The highest BCUT2D eigenvalue weighted by Crippen LogP contribution is 2.37. The van der Waals surface area contributed by atoms with Crippen molar-refractivity contribution in [2.24, 2.45) is 0 Å². The minimum absolute atomic E-state index is 0.0916. The lowest BCUT2D eigenvalue weighted by atomic mass is 9.94. The van der Waals surface area contributed by atoms with Crippen molar-refractivity contribution in [1.29, 1.82) is 0 Å². The number of aromatic nitrogens is 5. The Morgan fingerprint density at radius 3 is 2.91 bits per heavy atom. The Labute approximate surface area is 135 Å². The molecule has 0 amide bonds. The van der Waals surface area contributed by atoms with Gasteiger partial charge in [0, 0.05) is 16.9 Å². The molecule has 2 atom stereocenters. The van der Waals surface area contributed by atoms with Gasteiger partial charge in [0.05, 0.1) is 12.1 Å². The summed E-state index contributed by atoms with van der Waals surface area (Å²) < 4.78 is 2.89. The van der Waals surface area contributed by atoms with Crippen molar-refractivity contribution < 1.29 is 0 Å². The largest absolute Gasteiger partial charge is 0.346 e. The standard InChI is InChI=1S/C15H13BrN6/c16-12-5-1-3-10(7-12)14-8-13(11-4-2-6-17-9-11)18-15-19-20-21-22(14)15/h1-7,9,13-14H,8H2,(H,18,19,21). The Balaban J connectivity index is 1.75. The van der Waals surface area contributed by atoms with Gasteiger partial charge in [-0.2, -0.15) is 0 Å². The fourth-order valence-corrected chi connectivity index (χ4v) is 3.25. The second-order valence-corrected chi connectivity index (χ2v) is 6.15. The molecule has 3 heterocycles. The number of tetrazole rings is 1. The lowest BCUT2D eigenvalue weighted by molar-refractivity contribution is 0.423. The molecule has 22 heavy (non-hydrogen) atoms. The van der Waals surface area contributed by atoms with E-state index in [1.165, 1.54) is 5.56 Å². The summed E-state index contributed by atoms with van der Waals surface area (Å²) in [6.07, 6.45) is 4.53. The number of nitrogens with one attached hydrogen (secondary N) is 1. The Bertz CT molecular complexity index is 787. The summed E-state index contributed by atoms with van der Waals surface area (Å²) in [5.74, 6) is 0.685. The van der Waals surface area contributed by atoms with E-state index in [4.69, 9.17) is 0 Å². The van der Waals surface area contributed by atoms with Crippen LogP contribution in [0.5, 0.6) is 0 Å². The normalized spacial score (nSPS) is 20.2. The van der Waals surface area contributed by atoms with Gasteiger partial charge in [-0.25, -0.2) is 4.68 Å². The summed E-state index contributed by atoms with van der Waals surface area (Å²) in [7, 11) is 0. The van der Waals surface area contributed by atoms with Crippen LogP contribution in [0, 0.1) is 0 Å². The third-order valence-corrected chi connectivity index (χ3v) is 4.36. The van der Waals surface area contributed by atoms with Gasteiger partial charge in [0.15, 0.2) is 0 Å². The monoisotopic (exact) mass is 356 g/mol. The predicted molar refractivity (Wildman–Crippen MR) is 85.3 cm³/mol. The summed E-state index contributed by atoms with van der Waals surface area (Å²) in [4.78, 5) is 4.21. The van der Waals surface area contributed by atoms with E-state index >= 15 is 0 Å². The van der Waals surface area contributed by atoms with Crippen LogP contribution in [0.1, 0.15) is 29.6 Å². The van der Waals surface area contributed by atoms with Gasteiger partial charge in [0.2, 0.25) is 5.95 Å². The summed E-state index contributed by atoms with van der Waals surface area (Å²) in [5.41, 5.74) is 2.31. The summed E-state index contributed by atoms with van der Waals surface area (Å²) in [6.45, 7) is 0. The van der Waals surface area contributed by atoms with Crippen LogP contribution in [-0.2, 0) is 0 Å². The Kier molecular flexibility index (Phi) is 3.34. The first-order valence-corrected chi connectivity index (χ1v) is 7.80. The second kappa shape index (κ2) is 5.49. The molecule has 1 aromatic carbocycles. The fraction of sp³-hybridized carbons (Fsp3) is 0.200. The second-order valence-electron chi connectivity index (χ2n) is 5.24. The average Bonchev–Trinajstić information content (AvgIpc) is 3.03. The van der Waals surface area contributed by atoms with Gasteiger partial charge >= 0.3 is 0 Å². The third kappa shape index (κ3) is 2.37. The van der Waals surface area contributed by atoms with Crippen molar-refractivity contribution in [2.75, 3.05) is 5.32 Å². The molecule has 0 saturated carbocycles. The molecule has 0 fully saturated rings. The van der Waals surface area contributed by atoms with Gasteiger partial charge in [0.25, 0.3) is 0 Å². The Hall–Kier alpha value is -2.28. The van der Waals surface area contributed by atoms with Crippen LogP contribution in [0.2, 0.25) is 0 Å². The fourth-order valence-electron chi connectivity index (χ4n) is 2.83. The zero-order valence-electron chi connectivity index (χ0n) is 11.6. The van der Waals surface area contributed by atoms with Crippen molar-refractivity contribution in [1.82, 2.24) is 25.2 Å². The maximum absolute atomic E-state index is 4.21. The number of rotatable bonds is 2. The molecule has 2 aromatic heterocycles. The molecule has 0 bridgehead atoms. The Morgan fingerprint density at radius 1 is 1.18 bits per heavy atom. The lowest BCUT2D eigenvalue weighted by Crippen LogP contribution is -2.28. The van der Waals surface area contributed by atoms with Crippen LogP contribution < -0.4 is 5.32 Å². The quantitative estimate of drug-likeness (QED) is 0.764. The highest BCUT2D eigenvalue weighted by atomic mass is 79.9. The molecule has 1 N–H and O–H groups in total. The van der Waals surface area contributed by atoms with E-state index in [2.05, 4.69) is 60.0 Å². The number of anilines is 1. The van der Waals surface area contributed by atoms with Gasteiger partial charge in [-0.3, -0.25) is 4.98 Å². The van der Waals surface area contributed by atoms with Crippen molar-refractivity contribution in [3.05, 3.63) is 64.4 Å². The highest BCUT2D eigenvalue weighted by molar-refractivity contribution is 9.10. The lowest BCUT2D eigenvalue weighted by Gasteiger charge is -2.30. The molecule has 7 heteroatoms. The van der Waals surface area contributed by atoms with Crippen LogP contribution in [0.25, 0.3) is 0 Å². The van der Waals surface area contributed by atoms with E-state index in [0.717, 1.165) is 16.5 Å². The summed E-state index contributed by atoms with van der Waals surface area (Å²) >= 11 is 3.53. The minimum atomic E-state index is 0.0916. The molecule has 0 saturated heterocycles. The van der Waals surface area contributed by atoms with E-state index in [9.17, 15) is 0 Å². The van der Waals surface area contributed by atoms with Crippen molar-refractivity contribution in [3.8, 4) is 0 Å². The number of pyridine rings is 1. The van der Waals surface area contributed by atoms with Crippen molar-refractivity contribution in [3.63, 3.8) is 0 Å². The van der Waals surface area contributed by atoms with Crippen molar-refractivity contribution >= 4 is 21.9 Å². The molecular formula is C15H13BrN6. The number of fused-ring (bicyclic) bond motifs is 1. The van der Waals surface area contributed by atoms with Gasteiger partial charge < -0.3 is 5.32 Å². The molecule has 110 valence electrons. The molecule has 6 nitrogen and oxygen atoms in total. The average molecular weight is 357 g/mol. The van der Waals surface area contributed by atoms with Gasteiger partial charge in [0.1, 0.15) is 0 Å². The van der Waals surface area contributed by atoms with Crippen LogP contribution in [0.15, 0.2) is 53.3 Å². The van der Waals surface area contributed by atoms with Crippen LogP contribution in [-0.4, -0.2) is 25.2 Å². The van der Waals surface area contributed by atoms with Crippen LogP contribution in [0.4, 0.5) is 5.95 Å². The number of hydrogen-bond acceptors (Lipinski definition) is 5. The summed E-state index contributed by atoms with van der Waals surface area (Å²) in [6, 6.07) is 12.5. The Morgan fingerprint density at radius 2 is 2.09 bits per heavy atom. The smallest absolute Gasteiger partial charge is 0.243 e. The molecule has 0 aliphatic carbocycles. The van der Waals surface area contributed by atoms with Gasteiger partial charge in [-0.15, -0.1) is 0 Å².